The van der Waals surface area contributed by atoms with Crippen LogP contribution in [0.3, 0.4) is 0 Å². The number of hydrogen-bond acceptors (Lipinski definition) is 5. The molecule has 1 heterocycles. The van der Waals surface area contributed by atoms with Gasteiger partial charge in [-0.05, 0) is 43.5 Å². The summed E-state index contributed by atoms with van der Waals surface area (Å²) in [5.74, 6) is -0.540. The van der Waals surface area contributed by atoms with Crippen LogP contribution >= 0.6 is 11.3 Å². The Hall–Kier alpha value is -2.86. The van der Waals surface area contributed by atoms with Crippen molar-refractivity contribution in [2.24, 2.45) is 0 Å². The summed E-state index contributed by atoms with van der Waals surface area (Å²) < 4.78 is 0. The van der Waals surface area contributed by atoms with Gasteiger partial charge in [-0.1, -0.05) is 48.6 Å². The van der Waals surface area contributed by atoms with E-state index in [1.807, 2.05) is 32.9 Å². The van der Waals surface area contributed by atoms with E-state index in [-0.39, 0.29) is 11.7 Å². The molecule has 1 amide bonds. The molecule has 0 radical (unpaired) electrons. The summed E-state index contributed by atoms with van der Waals surface area (Å²) in [5.41, 5.74) is 3.42. The standard InChI is InChI=1S/C20H19N3O2S/c1-4-17-22-23-20(26-17)21-19(25)16-8-6-5-7-15(16)18(24)14-10-9-12(2)13(3)11-14/h5-11H,4H2,1-3H3,(H,21,23,25). The average molecular weight is 365 g/mol. The Morgan fingerprint density at radius 3 is 2.38 bits per heavy atom. The van der Waals surface area contributed by atoms with E-state index in [4.69, 9.17) is 0 Å². The smallest absolute Gasteiger partial charge is 0.258 e. The minimum atomic E-state index is -0.364. The second kappa shape index (κ2) is 7.58. The van der Waals surface area contributed by atoms with Gasteiger partial charge in [-0.3, -0.25) is 14.9 Å². The van der Waals surface area contributed by atoms with Crippen molar-refractivity contribution in [1.29, 1.82) is 0 Å². The van der Waals surface area contributed by atoms with Crippen LogP contribution in [-0.2, 0) is 6.42 Å². The van der Waals surface area contributed by atoms with E-state index in [2.05, 4.69) is 15.5 Å². The molecule has 5 nitrogen and oxygen atoms in total. The number of nitrogens with zero attached hydrogens (tertiary/aromatic N) is 2. The van der Waals surface area contributed by atoms with Gasteiger partial charge in [0, 0.05) is 11.1 Å². The first kappa shape index (κ1) is 17.9. The lowest BCUT2D eigenvalue weighted by Gasteiger charge is -2.09. The van der Waals surface area contributed by atoms with Gasteiger partial charge in [0.1, 0.15) is 5.01 Å². The van der Waals surface area contributed by atoms with E-state index < -0.39 is 0 Å². The van der Waals surface area contributed by atoms with E-state index in [0.717, 1.165) is 22.6 Å². The number of aromatic nitrogens is 2. The SMILES string of the molecule is CCc1nnc(NC(=O)c2ccccc2C(=O)c2ccc(C)c(C)c2)s1. The first-order valence-corrected chi connectivity index (χ1v) is 9.16. The first-order chi connectivity index (χ1) is 12.5. The largest absolute Gasteiger partial charge is 0.296 e. The lowest BCUT2D eigenvalue weighted by Crippen LogP contribution is -2.17. The molecule has 1 aromatic heterocycles. The van der Waals surface area contributed by atoms with Gasteiger partial charge in [0.15, 0.2) is 5.78 Å². The van der Waals surface area contributed by atoms with Crippen LogP contribution < -0.4 is 5.32 Å². The summed E-state index contributed by atoms with van der Waals surface area (Å²) in [6, 6.07) is 12.4. The molecule has 132 valence electrons. The van der Waals surface area contributed by atoms with Crippen LogP contribution in [-0.4, -0.2) is 21.9 Å². The molecule has 0 fully saturated rings. The number of rotatable bonds is 5. The van der Waals surface area contributed by atoms with Gasteiger partial charge >= 0.3 is 0 Å². The molecule has 0 saturated carbocycles. The number of aryl methyl sites for hydroxylation is 3. The second-order valence-electron chi connectivity index (χ2n) is 5.98. The average Bonchev–Trinajstić information content (AvgIpc) is 3.11. The van der Waals surface area contributed by atoms with E-state index >= 15 is 0 Å². The fourth-order valence-corrected chi connectivity index (χ4v) is 3.20. The molecule has 0 aliphatic heterocycles. The molecule has 3 aromatic rings. The molecular formula is C20H19N3O2S. The van der Waals surface area contributed by atoms with Crippen LogP contribution in [0.1, 0.15) is 49.3 Å². The molecule has 3 rings (SSSR count). The normalized spacial score (nSPS) is 10.6. The Morgan fingerprint density at radius 2 is 1.73 bits per heavy atom. The quantitative estimate of drug-likeness (QED) is 0.688. The zero-order valence-corrected chi connectivity index (χ0v) is 15.7. The van der Waals surface area contributed by atoms with E-state index in [1.54, 1.807) is 30.3 Å². The summed E-state index contributed by atoms with van der Waals surface area (Å²) in [6.07, 6.45) is 0.759. The number of benzene rings is 2. The number of carbonyl (C=O) groups excluding carboxylic acids is 2. The maximum absolute atomic E-state index is 12.9. The topological polar surface area (TPSA) is 72.0 Å². The molecular weight excluding hydrogens is 346 g/mol. The number of nitrogens with one attached hydrogen (secondary N) is 1. The van der Waals surface area contributed by atoms with Gasteiger partial charge < -0.3 is 0 Å². The second-order valence-corrected chi connectivity index (χ2v) is 7.04. The van der Waals surface area contributed by atoms with Gasteiger partial charge in [-0.15, -0.1) is 10.2 Å². The first-order valence-electron chi connectivity index (χ1n) is 8.34. The van der Waals surface area contributed by atoms with E-state index in [9.17, 15) is 9.59 Å². The summed E-state index contributed by atoms with van der Waals surface area (Å²) in [5, 5.41) is 12.0. The lowest BCUT2D eigenvalue weighted by molar-refractivity contribution is 0.0996. The van der Waals surface area contributed by atoms with Crippen molar-refractivity contribution in [1.82, 2.24) is 10.2 Å². The Labute approximate surface area is 156 Å². The molecule has 0 spiro atoms. The number of ketones is 1. The maximum Gasteiger partial charge on any atom is 0.258 e. The van der Waals surface area contributed by atoms with Crippen LogP contribution in [0.15, 0.2) is 42.5 Å². The van der Waals surface area contributed by atoms with Crippen molar-refractivity contribution in [3.8, 4) is 0 Å². The van der Waals surface area contributed by atoms with Crippen molar-refractivity contribution in [3.63, 3.8) is 0 Å². The summed E-state index contributed by atoms with van der Waals surface area (Å²) >= 11 is 1.33. The number of anilines is 1. The third-order valence-electron chi connectivity index (χ3n) is 4.18. The van der Waals surface area contributed by atoms with E-state index in [0.29, 0.717) is 21.8 Å². The third kappa shape index (κ3) is 3.70. The molecule has 0 atom stereocenters. The summed E-state index contributed by atoms with van der Waals surface area (Å²) in [4.78, 5) is 25.6. The van der Waals surface area contributed by atoms with Crippen LogP contribution in [0.25, 0.3) is 0 Å². The van der Waals surface area contributed by atoms with E-state index in [1.165, 1.54) is 11.3 Å². The highest BCUT2D eigenvalue weighted by atomic mass is 32.1. The molecule has 0 aliphatic rings. The van der Waals surface area contributed by atoms with Crippen LogP contribution in [0, 0.1) is 13.8 Å². The molecule has 6 heteroatoms. The molecule has 0 bridgehead atoms. The molecule has 0 saturated heterocycles. The highest BCUT2D eigenvalue weighted by molar-refractivity contribution is 7.15. The van der Waals surface area contributed by atoms with Crippen molar-refractivity contribution in [3.05, 3.63) is 75.3 Å². The Balaban J connectivity index is 1.90. The Morgan fingerprint density at radius 1 is 1.00 bits per heavy atom. The minimum Gasteiger partial charge on any atom is -0.296 e. The van der Waals surface area contributed by atoms with Gasteiger partial charge in [0.05, 0.1) is 5.56 Å². The lowest BCUT2D eigenvalue weighted by atomic mass is 9.96. The van der Waals surface area contributed by atoms with Crippen molar-refractivity contribution >= 4 is 28.2 Å². The fourth-order valence-electron chi connectivity index (χ4n) is 2.53. The molecule has 26 heavy (non-hydrogen) atoms. The van der Waals surface area contributed by atoms with Crippen LogP contribution in [0.5, 0.6) is 0 Å². The Kier molecular flexibility index (Phi) is 5.23. The zero-order chi connectivity index (χ0) is 18.7. The predicted octanol–water partition coefficient (Wildman–Crippen LogP) is 4.20. The van der Waals surface area contributed by atoms with Gasteiger partial charge in [0.25, 0.3) is 5.91 Å². The van der Waals surface area contributed by atoms with Gasteiger partial charge in [-0.25, -0.2) is 0 Å². The van der Waals surface area contributed by atoms with Crippen LogP contribution in [0.2, 0.25) is 0 Å². The minimum absolute atomic E-state index is 0.176. The number of amides is 1. The maximum atomic E-state index is 12.9. The highest BCUT2D eigenvalue weighted by Crippen LogP contribution is 2.20. The monoisotopic (exact) mass is 365 g/mol. The molecule has 0 aliphatic carbocycles. The molecule has 2 aromatic carbocycles. The molecule has 0 unspecified atom stereocenters. The summed E-state index contributed by atoms with van der Waals surface area (Å²) in [6.45, 7) is 5.94. The zero-order valence-electron chi connectivity index (χ0n) is 14.9. The van der Waals surface area contributed by atoms with Gasteiger partial charge in [-0.2, -0.15) is 0 Å². The van der Waals surface area contributed by atoms with Gasteiger partial charge in [0.2, 0.25) is 5.13 Å². The Bertz CT molecular complexity index is 979. The predicted molar refractivity (Wildman–Crippen MR) is 103 cm³/mol. The number of carbonyl (C=O) groups is 2. The van der Waals surface area contributed by atoms with Crippen molar-refractivity contribution in [2.45, 2.75) is 27.2 Å². The van der Waals surface area contributed by atoms with Crippen molar-refractivity contribution < 1.29 is 9.59 Å². The highest BCUT2D eigenvalue weighted by Gasteiger charge is 2.19. The van der Waals surface area contributed by atoms with Crippen LogP contribution in [0.4, 0.5) is 5.13 Å². The fraction of sp³-hybridized carbons (Fsp3) is 0.200. The number of hydrogen-bond donors (Lipinski definition) is 1. The third-order valence-corrected chi connectivity index (χ3v) is 5.16. The molecule has 1 N–H and O–H groups in total. The summed E-state index contributed by atoms with van der Waals surface area (Å²) in [7, 11) is 0. The van der Waals surface area contributed by atoms with Crippen molar-refractivity contribution in [2.75, 3.05) is 5.32 Å².